The standard InChI is InChI=1S/C12H12FNO2/c1-12(2)7-10(15)14(11(12)16)9-6-4-3-5-8(9)13/h3-6H,7H2,1-2H3. The lowest BCUT2D eigenvalue weighted by Crippen LogP contribution is -2.33. The quantitative estimate of drug-likeness (QED) is 0.681. The van der Waals surface area contributed by atoms with Gasteiger partial charge in [0, 0.05) is 6.42 Å². The molecule has 1 aliphatic rings. The minimum Gasteiger partial charge on any atom is -0.274 e. The SMILES string of the molecule is CC1(C)CC(=O)N(c2ccccc2F)C1=O. The Bertz CT molecular complexity index is 468. The summed E-state index contributed by atoms with van der Waals surface area (Å²) in [6, 6.07) is 5.80. The fourth-order valence-corrected chi connectivity index (χ4v) is 1.83. The topological polar surface area (TPSA) is 37.4 Å². The predicted octanol–water partition coefficient (Wildman–Crippen LogP) is 2.12. The van der Waals surface area contributed by atoms with Crippen molar-refractivity contribution in [2.24, 2.45) is 5.41 Å². The maximum Gasteiger partial charge on any atom is 0.240 e. The molecule has 0 aliphatic carbocycles. The first-order chi connectivity index (χ1) is 7.43. The number of benzene rings is 1. The number of halogens is 1. The Kier molecular flexibility index (Phi) is 2.30. The normalized spacial score (nSPS) is 19.3. The Morgan fingerprint density at radius 2 is 1.88 bits per heavy atom. The second kappa shape index (κ2) is 3.40. The lowest BCUT2D eigenvalue weighted by Gasteiger charge is -2.18. The number of hydrogen-bond acceptors (Lipinski definition) is 2. The first kappa shape index (κ1) is 10.8. The zero-order valence-electron chi connectivity index (χ0n) is 9.16. The van der Waals surface area contributed by atoms with Crippen LogP contribution in [0.4, 0.5) is 10.1 Å². The molecule has 1 aliphatic heterocycles. The molecular weight excluding hydrogens is 209 g/mol. The molecular formula is C12H12FNO2. The Morgan fingerprint density at radius 3 is 2.38 bits per heavy atom. The average molecular weight is 221 g/mol. The second-order valence-electron chi connectivity index (χ2n) is 4.55. The average Bonchev–Trinajstić information content (AvgIpc) is 2.39. The molecule has 0 saturated carbocycles. The predicted molar refractivity (Wildman–Crippen MR) is 57.3 cm³/mol. The van der Waals surface area contributed by atoms with Crippen molar-refractivity contribution in [2.45, 2.75) is 20.3 Å². The maximum atomic E-state index is 13.5. The fourth-order valence-electron chi connectivity index (χ4n) is 1.83. The Morgan fingerprint density at radius 1 is 1.25 bits per heavy atom. The second-order valence-corrected chi connectivity index (χ2v) is 4.55. The number of imide groups is 1. The van der Waals surface area contributed by atoms with Crippen molar-refractivity contribution in [1.82, 2.24) is 0 Å². The number of rotatable bonds is 1. The van der Waals surface area contributed by atoms with Crippen LogP contribution < -0.4 is 4.90 Å². The Balaban J connectivity index is 2.47. The highest BCUT2D eigenvalue weighted by molar-refractivity contribution is 6.22. The molecule has 0 atom stereocenters. The molecule has 84 valence electrons. The molecule has 0 radical (unpaired) electrons. The van der Waals surface area contributed by atoms with Gasteiger partial charge >= 0.3 is 0 Å². The van der Waals surface area contributed by atoms with E-state index >= 15 is 0 Å². The van der Waals surface area contributed by atoms with Crippen molar-refractivity contribution < 1.29 is 14.0 Å². The van der Waals surface area contributed by atoms with Crippen LogP contribution in [0.15, 0.2) is 24.3 Å². The van der Waals surface area contributed by atoms with Gasteiger partial charge in [0.1, 0.15) is 5.82 Å². The summed E-state index contributed by atoms with van der Waals surface area (Å²) in [6.07, 6.45) is 0.125. The van der Waals surface area contributed by atoms with Crippen LogP contribution in [0, 0.1) is 11.2 Å². The number of amides is 2. The molecule has 0 spiro atoms. The molecule has 0 aromatic heterocycles. The summed E-state index contributed by atoms with van der Waals surface area (Å²) < 4.78 is 13.5. The summed E-state index contributed by atoms with van der Waals surface area (Å²) in [5, 5.41) is 0. The van der Waals surface area contributed by atoms with E-state index in [1.807, 2.05) is 0 Å². The van der Waals surface area contributed by atoms with E-state index in [1.165, 1.54) is 18.2 Å². The molecule has 0 unspecified atom stereocenters. The molecule has 0 N–H and O–H groups in total. The van der Waals surface area contributed by atoms with E-state index in [0.717, 1.165) is 4.90 Å². The van der Waals surface area contributed by atoms with Gasteiger partial charge < -0.3 is 0 Å². The number of para-hydroxylation sites is 1. The Labute approximate surface area is 92.9 Å². The van der Waals surface area contributed by atoms with Crippen LogP contribution in [-0.2, 0) is 9.59 Å². The van der Waals surface area contributed by atoms with Gasteiger partial charge in [0.2, 0.25) is 11.8 Å². The van der Waals surface area contributed by atoms with E-state index in [9.17, 15) is 14.0 Å². The largest absolute Gasteiger partial charge is 0.274 e. The van der Waals surface area contributed by atoms with Gasteiger partial charge in [-0.2, -0.15) is 0 Å². The summed E-state index contributed by atoms with van der Waals surface area (Å²) in [6.45, 7) is 3.38. The summed E-state index contributed by atoms with van der Waals surface area (Å²) in [5.74, 6) is -1.25. The zero-order valence-corrected chi connectivity index (χ0v) is 9.16. The molecule has 1 saturated heterocycles. The smallest absolute Gasteiger partial charge is 0.240 e. The van der Waals surface area contributed by atoms with Gasteiger partial charge in [-0.3, -0.25) is 9.59 Å². The van der Waals surface area contributed by atoms with E-state index in [0.29, 0.717) is 0 Å². The van der Waals surface area contributed by atoms with Crippen LogP contribution >= 0.6 is 0 Å². The molecule has 1 heterocycles. The number of anilines is 1. The van der Waals surface area contributed by atoms with Crippen molar-refractivity contribution >= 4 is 17.5 Å². The number of carbonyl (C=O) groups excluding carboxylic acids is 2. The highest BCUT2D eigenvalue weighted by atomic mass is 19.1. The molecule has 1 fully saturated rings. The van der Waals surface area contributed by atoms with Gasteiger partial charge in [0.05, 0.1) is 11.1 Å². The molecule has 0 bridgehead atoms. The third-order valence-corrected chi connectivity index (χ3v) is 2.72. The first-order valence-electron chi connectivity index (χ1n) is 5.05. The minimum absolute atomic E-state index is 0.0445. The van der Waals surface area contributed by atoms with Crippen molar-refractivity contribution in [1.29, 1.82) is 0 Å². The van der Waals surface area contributed by atoms with Crippen molar-refractivity contribution in [3.05, 3.63) is 30.1 Å². The van der Waals surface area contributed by atoms with Gasteiger partial charge in [0.15, 0.2) is 0 Å². The van der Waals surface area contributed by atoms with Gasteiger partial charge in [0.25, 0.3) is 0 Å². The molecule has 2 rings (SSSR count). The van der Waals surface area contributed by atoms with Crippen LogP contribution in [0.1, 0.15) is 20.3 Å². The van der Waals surface area contributed by atoms with Crippen LogP contribution in [0.2, 0.25) is 0 Å². The summed E-state index contributed by atoms with van der Waals surface area (Å²) in [5.41, 5.74) is -0.692. The number of nitrogens with zero attached hydrogens (tertiary/aromatic N) is 1. The van der Waals surface area contributed by atoms with Gasteiger partial charge in [-0.1, -0.05) is 26.0 Å². The monoisotopic (exact) mass is 221 g/mol. The Hall–Kier alpha value is -1.71. The summed E-state index contributed by atoms with van der Waals surface area (Å²) >= 11 is 0. The van der Waals surface area contributed by atoms with Crippen LogP contribution in [0.5, 0.6) is 0 Å². The van der Waals surface area contributed by atoms with Crippen LogP contribution in [-0.4, -0.2) is 11.8 Å². The first-order valence-corrected chi connectivity index (χ1v) is 5.05. The number of hydrogen-bond donors (Lipinski definition) is 0. The zero-order chi connectivity index (χ0) is 11.9. The van der Waals surface area contributed by atoms with E-state index in [-0.39, 0.29) is 23.9 Å². The van der Waals surface area contributed by atoms with E-state index in [1.54, 1.807) is 19.9 Å². The molecule has 3 nitrogen and oxygen atoms in total. The number of carbonyl (C=O) groups is 2. The third kappa shape index (κ3) is 1.50. The third-order valence-electron chi connectivity index (χ3n) is 2.72. The highest BCUT2D eigenvalue weighted by Crippen LogP contribution is 2.35. The summed E-state index contributed by atoms with van der Waals surface area (Å²) in [7, 11) is 0. The van der Waals surface area contributed by atoms with E-state index in [2.05, 4.69) is 0 Å². The van der Waals surface area contributed by atoms with Crippen molar-refractivity contribution in [2.75, 3.05) is 4.90 Å². The van der Waals surface area contributed by atoms with Crippen molar-refractivity contribution in [3.8, 4) is 0 Å². The molecule has 2 amide bonds. The van der Waals surface area contributed by atoms with Gasteiger partial charge in [-0.25, -0.2) is 9.29 Å². The molecule has 1 aromatic carbocycles. The van der Waals surface area contributed by atoms with E-state index in [4.69, 9.17) is 0 Å². The lowest BCUT2D eigenvalue weighted by atomic mass is 9.92. The highest BCUT2D eigenvalue weighted by Gasteiger charge is 2.46. The maximum absolute atomic E-state index is 13.5. The van der Waals surface area contributed by atoms with Gasteiger partial charge in [-0.15, -0.1) is 0 Å². The van der Waals surface area contributed by atoms with Crippen molar-refractivity contribution in [3.63, 3.8) is 0 Å². The van der Waals surface area contributed by atoms with Crippen LogP contribution in [0.25, 0.3) is 0 Å². The van der Waals surface area contributed by atoms with E-state index < -0.39 is 11.2 Å². The molecule has 4 heteroatoms. The summed E-state index contributed by atoms with van der Waals surface area (Å²) in [4.78, 5) is 24.6. The minimum atomic E-state index is -0.737. The molecule has 16 heavy (non-hydrogen) atoms. The molecule has 1 aromatic rings. The van der Waals surface area contributed by atoms with Crippen LogP contribution in [0.3, 0.4) is 0 Å². The lowest BCUT2D eigenvalue weighted by molar-refractivity contribution is -0.124. The van der Waals surface area contributed by atoms with Gasteiger partial charge in [-0.05, 0) is 12.1 Å². The fraction of sp³-hybridized carbons (Fsp3) is 0.333.